The van der Waals surface area contributed by atoms with Gasteiger partial charge in [-0.2, -0.15) is 26.3 Å². The molecule has 7 nitrogen and oxygen atoms in total. The normalized spacial score (nSPS) is 13.8. The Balaban J connectivity index is 0.000000288. The number of hydrogen-bond acceptors (Lipinski definition) is 4. The van der Waals surface area contributed by atoms with Gasteiger partial charge in [0.2, 0.25) is 0 Å². The number of carboxylic acids is 2. The number of aryl methyl sites for hydroxylation is 1. The van der Waals surface area contributed by atoms with Crippen molar-refractivity contribution in [3.05, 3.63) is 53.6 Å². The van der Waals surface area contributed by atoms with Crippen molar-refractivity contribution in [3.8, 4) is 0 Å². The zero-order chi connectivity index (χ0) is 23.8. The van der Waals surface area contributed by atoms with Crippen LogP contribution in [0.4, 0.5) is 26.3 Å². The molecule has 0 aliphatic carbocycles. The largest absolute Gasteiger partial charge is 0.490 e. The highest BCUT2D eigenvalue weighted by molar-refractivity contribution is 5.73. The Morgan fingerprint density at radius 2 is 1.48 bits per heavy atom. The highest BCUT2D eigenvalue weighted by Crippen LogP contribution is 2.21. The van der Waals surface area contributed by atoms with Crippen LogP contribution in [0.3, 0.4) is 0 Å². The molecule has 1 fully saturated rings. The topological polar surface area (TPSA) is 104 Å². The van der Waals surface area contributed by atoms with Crippen LogP contribution >= 0.6 is 0 Å². The quantitative estimate of drug-likeness (QED) is 0.615. The molecule has 0 atom stereocenters. The van der Waals surface area contributed by atoms with Crippen molar-refractivity contribution >= 4 is 11.9 Å². The number of benzene rings is 1. The number of aromatic nitrogens is 2. The first kappa shape index (κ1) is 25.9. The van der Waals surface area contributed by atoms with E-state index in [0.29, 0.717) is 5.92 Å². The first-order valence-electron chi connectivity index (χ1n) is 8.60. The molecule has 3 N–H and O–H groups in total. The van der Waals surface area contributed by atoms with Gasteiger partial charge in [-0.3, -0.25) is 0 Å². The van der Waals surface area contributed by atoms with Gasteiger partial charge in [-0.15, -0.1) is 0 Å². The average Bonchev–Trinajstić information content (AvgIpc) is 2.94. The van der Waals surface area contributed by atoms with Gasteiger partial charge < -0.3 is 20.1 Å². The Morgan fingerprint density at radius 1 is 1.03 bits per heavy atom. The van der Waals surface area contributed by atoms with Crippen LogP contribution in [0.15, 0.2) is 36.5 Å². The number of carbonyl (C=O) groups is 2. The van der Waals surface area contributed by atoms with Crippen LogP contribution in [0.25, 0.3) is 0 Å². The summed E-state index contributed by atoms with van der Waals surface area (Å²) in [5.41, 5.74) is 2.58. The van der Waals surface area contributed by atoms with Crippen LogP contribution in [-0.4, -0.2) is 57.1 Å². The van der Waals surface area contributed by atoms with Gasteiger partial charge in [0.05, 0.1) is 0 Å². The third-order valence-electron chi connectivity index (χ3n) is 3.90. The van der Waals surface area contributed by atoms with Crippen molar-refractivity contribution in [2.45, 2.75) is 31.7 Å². The number of nitrogens with one attached hydrogen (secondary N) is 1. The van der Waals surface area contributed by atoms with E-state index in [1.807, 2.05) is 6.20 Å². The number of carboxylic acid groups (broad SMARTS) is 2. The fourth-order valence-electron chi connectivity index (χ4n) is 2.25. The summed E-state index contributed by atoms with van der Waals surface area (Å²) in [4.78, 5) is 22.3. The summed E-state index contributed by atoms with van der Waals surface area (Å²) in [7, 11) is 0. The Morgan fingerprint density at radius 3 is 1.84 bits per heavy atom. The van der Waals surface area contributed by atoms with Crippen molar-refractivity contribution in [1.29, 1.82) is 0 Å². The molecule has 1 aromatic carbocycles. The smallest absolute Gasteiger partial charge is 0.475 e. The van der Waals surface area contributed by atoms with E-state index in [-0.39, 0.29) is 0 Å². The number of imidazole rings is 1. The Kier molecular flexibility index (Phi) is 9.03. The maximum Gasteiger partial charge on any atom is 0.490 e. The molecule has 31 heavy (non-hydrogen) atoms. The average molecular weight is 455 g/mol. The molecule has 2 heterocycles. The van der Waals surface area contributed by atoms with Crippen molar-refractivity contribution in [2.24, 2.45) is 0 Å². The zero-order valence-electron chi connectivity index (χ0n) is 16.0. The third-order valence-corrected chi connectivity index (χ3v) is 3.90. The molecule has 0 bridgehead atoms. The van der Waals surface area contributed by atoms with Gasteiger partial charge in [-0.1, -0.05) is 30.3 Å². The first-order valence-corrected chi connectivity index (χ1v) is 8.60. The maximum atomic E-state index is 10.6. The molecule has 3 rings (SSSR count). The van der Waals surface area contributed by atoms with Crippen LogP contribution < -0.4 is 5.32 Å². The van der Waals surface area contributed by atoms with Crippen LogP contribution in [0.5, 0.6) is 0 Å². The second-order valence-corrected chi connectivity index (χ2v) is 6.29. The van der Waals surface area contributed by atoms with Crippen molar-refractivity contribution < 1.29 is 46.1 Å². The van der Waals surface area contributed by atoms with E-state index < -0.39 is 24.3 Å². The summed E-state index contributed by atoms with van der Waals surface area (Å²) in [6.45, 7) is 5.18. The number of alkyl halides is 6. The molecule has 2 aromatic rings. The molecule has 1 aliphatic heterocycles. The fourth-order valence-corrected chi connectivity index (χ4v) is 2.25. The lowest BCUT2D eigenvalue weighted by Crippen LogP contribution is -2.41. The van der Waals surface area contributed by atoms with Crippen molar-refractivity contribution in [3.63, 3.8) is 0 Å². The predicted molar refractivity (Wildman–Crippen MR) is 95.5 cm³/mol. The molecule has 172 valence electrons. The molecule has 13 heteroatoms. The number of aliphatic carboxylic acids is 2. The van der Waals surface area contributed by atoms with Crippen molar-refractivity contribution in [2.75, 3.05) is 13.1 Å². The van der Waals surface area contributed by atoms with Gasteiger partial charge in [0, 0.05) is 37.4 Å². The van der Waals surface area contributed by atoms with Gasteiger partial charge >= 0.3 is 24.3 Å². The van der Waals surface area contributed by atoms with E-state index in [4.69, 9.17) is 19.8 Å². The van der Waals surface area contributed by atoms with E-state index >= 15 is 0 Å². The molecular weight excluding hydrogens is 436 g/mol. The summed E-state index contributed by atoms with van der Waals surface area (Å²) in [5, 5.41) is 17.6. The second-order valence-electron chi connectivity index (χ2n) is 6.29. The molecule has 0 saturated carbocycles. The van der Waals surface area contributed by atoms with E-state index in [0.717, 1.165) is 19.6 Å². The van der Waals surface area contributed by atoms with Crippen LogP contribution in [0, 0.1) is 6.92 Å². The Labute approximate surface area is 172 Å². The summed E-state index contributed by atoms with van der Waals surface area (Å²) < 4.78 is 65.8. The fraction of sp³-hybridized carbons (Fsp3) is 0.389. The monoisotopic (exact) mass is 455 g/mol. The lowest BCUT2D eigenvalue weighted by Gasteiger charge is -2.27. The summed E-state index contributed by atoms with van der Waals surface area (Å²) >= 11 is 0. The molecule has 1 saturated heterocycles. The first-order chi connectivity index (χ1) is 14.2. The van der Waals surface area contributed by atoms with Crippen LogP contribution in [0.2, 0.25) is 0 Å². The lowest BCUT2D eigenvalue weighted by atomic mass is 10.0. The summed E-state index contributed by atoms with van der Waals surface area (Å²) in [6.07, 6.45) is -8.18. The van der Waals surface area contributed by atoms with E-state index in [9.17, 15) is 26.3 Å². The van der Waals surface area contributed by atoms with Gasteiger partial charge in [0.25, 0.3) is 0 Å². The van der Waals surface area contributed by atoms with E-state index in [1.54, 1.807) is 0 Å². The maximum absolute atomic E-state index is 10.6. The molecule has 0 unspecified atom stereocenters. The summed E-state index contributed by atoms with van der Waals surface area (Å²) in [6, 6.07) is 10.6. The van der Waals surface area contributed by atoms with Crippen LogP contribution in [-0.2, 0) is 16.1 Å². The number of halogens is 6. The minimum Gasteiger partial charge on any atom is -0.475 e. The number of hydrogen-bond donors (Lipinski definition) is 3. The van der Waals surface area contributed by atoms with E-state index in [1.165, 1.54) is 17.1 Å². The standard InChI is InChI=1S/C14H17N3.2C2HF3O2/c1-11-7-16-14(13-8-15-9-13)17(11)10-12-5-3-2-4-6-12;2*3-2(4,5)1(6)7/h2-7,13,15H,8-10H2,1H3;2*(H,6,7). The minimum absolute atomic E-state index is 0.590. The molecule has 1 aliphatic rings. The van der Waals surface area contributed by atoms with E-state index in [2.05, 4.69) is 52.1 Å². The second kappa shape index (κ2) is 10.8. The molecule has 0 spiro atoms. The zero-order valence-corrected chi connectivity index (χ0v) is 16.0. The molecule has 1 aromatic heterocycles. The highest BCUT2D eigenvalue weighted by Gasteiger charge is 2.38. The third kappa shape index (κ3) is 8.66. The lowest BCUT2D eigenvalue weighted by molar-refractivity contribution is -0.193. The number of nitrogens with zero attached hydrogens (tertiary/aromatic N) is 2. The minimum atomic E-state index is -5.08. The molecule has 0 amide bonds. The molecule has 0 radical (unpaired) electrons. The predicted octanol–water partition coefficient (Wildman–Crippen LogP) is 3.19. The van der Waals surface area contributed by atoms with Crippen LogP contribution in [0.1, 0.15) is 23.0 Å². The van der Waals surface area contributed by atoms with Gasteiger partial charge in [0.1, 0.15) is 5.82 Å². The Bertz CT molecular complexity index is 837. The van der Waals surface area contributed by atoms with Gasteiger partial charge in [-0.25, -0.2) is 14.6 Å². The molecular formula is C18H19F6N3O4. The van der Waals surface area contributed by atoms with Gasteiger partial charge in [0.15, 0.2) is 0 Å². The van der Waals surface area contributed by atoms with Gasteiger partial charge in [-0.05, 0) is 12.5 Å². The number of rotatable bonds is 3. The Hall–Kier alpha value is -3.09. The van der Waals surface area contributed by atoms with Crippen molar-refractivity contribution in [1.82, 2.24) is 14.9 Å². The highest BCUT2D eigenvalue weighted by atomic mass is 19.4. The summed E-state index contributed by atoms with van der Waals surface area (Å²) in [5.74, 6) is -3.70. The SMILES string of the molecule is Cc1cnc(C2CNC2)n1Cc1ccccc1.O=C(O)C(F)(F)F.O=C(O)C(F)(F)F.